The molecule has 2 saturated heterocycles. The monoisotopic (exact) mass is 837 g/mol. The lowest BCUT2D eigenvalue weighted by Crippen LogP contribution is -2.51. The van der Waals surface area contributed by atoms with Gasteiger partial charge in [0.05, 0.1) is 54.2 Å². The SMILES string of the molecule is COC(=O)N[C@H](C(=O)N1CCC[C@H]1c1ncc(-c2ccc3c(c2)OC(C)n2c-3c(F)c3cc(-c4cnc([C@@H]5CCCN5C(=O)[C@@H](NC(=O)CO)C(C)C)[nH]4)ccc32)[nH]1)C(C)C. The summed E-state index contributed by atoms with van der Waals surface area (Å²) >= 11 is 0. The Hall–Kier alpha value is -6.23. The number of fused-ring (bicyclic) bond motifs is 5. The van der Waals surface area contributed by atoms with Crippen molar-refractivity contribution in [1.29, 1.82) is 0 Å². The minimum absolute atomic E-state index is 0.151. The zero-order valence-corrected chi connectivity index (χ0v) is 35.1. The zero-order chi connectivity index (χ0) is 43.3. The number of carbonyl (C=O) groups is 4. The summed E-state index contributed by atoms with van der Waals surface area (Å²) in [6, 6.07) is 9.03. The molecule has 16 nitrogen and oxygen atoms in total. The van der Waals surface area contributed by atoms with Crippen LogP contribution in [0.25, 0.3) is 44.7 Å². The lowest BCUT2D eigenvalue weighted by Gasteiger charge is -2.30. The van der Waals surface area contributed by atoms with Crippen LogP contribution in [0, 0.1) is 17.7 Å². The van der Waals surface area contributed by atoms with Crippen molar-refractivity contribution < 1.29 is 38.1 Å². The Bertz CT molecular complexity index is 2490. The molecule has 5 atom stereocenters. The lowest BCUT2D eigenvalue weighted by molar-refractivity contribution is -0.139. The van der Waals surface area contributed by atoms with Crippen molar-refractivity contribution in [3.8, 4) is 39.5 Å². The van der Waals surface area contributed by atoms with Crippen LogP contribution >= 0.6 is 0 Å². The molecule has 3 aliphatic rings. The van der Waals surface area contributed by atoms with E-state index in [1.54, 1.807) is 28.3 Å². The maximum atomic E-state index is 16.7. The fourth-order valence-electron chi connectivity index (χ4n) is 9.01. The van der Waals surface area contributed by atoms with Crippen LogP contribution in [0.5, 0.6) is 5.75 Å². The van der Waals surface area contributed by atoms with Crippen LogP contribution in [0.4, 0.5) is 9.18 Å². The highest BCUT2D eigenvalue weighted by Gasteiger charge is 2.39. The van der Waals surface area contributed by atoms with Crippen molar-refractivity contribution in [1.82, 2.24) is 44.9 Å². The molecule has 2 aromatic carbocycles. The number of carbonyl (C=O) groups excluding carboxylic acids is 4. The number of aromatic nitrogens is 5. The summed E-state index contributed by atoms with van der Waals surface area (Å²) in [5.41, 5.74) is 4.58. The molecule has 0 aliphatic carbocycles. The van der Waals surface area contributed by atoms with Crippen molar-refractivity contribution in [2.45, 2.75) is 90.7 Å². The van der Waals surface area contributed by atoms with Gasteiger partial charge in [-0.25, -0.2) is 19.2 Å². The van der Waals surface area contributed by atoms with Gasteiger partial charge in [0.25, 0.3) is 0 Å². The molecule has 17 heteroatoms. The van der Waals surface area contributed by atoms with E-state index in [4.69, 9.17) is 9.47 Å². The highest BCUT2D eigenvalue weighted by molar-refractivity contribution is 5.93. The summed E-state index contributed by atoms with van der Waals surface area (Å²) in [5.74, 6) is 0.0213. The summed E-state index contributed by atoms with van der Waals surface area (Å²) in [6.07, 6.45) is 5.19. The topological polar surface area (TPSA) is 200 Å². The number of aliphatic hydroxyl groups excluding tert-OH is 1. The number of nitrogens with one attached hydrogen (secondary N) is 4. The van der Waals surface area contributed by atoms with Crippen molar-refractivity contribution in [3.05, 3.63) is 66.3 Å². The number of aromatic amines is 2. The first-order chi connectivity index (χ1) is 29.3. The normalized spacial score (nSPS) is 19.5. The summed E-state index contributed by atoms with van der Waals surface area (Å²) in [4.78, 5) is 70.9. The van der Waals surface area contributed by atoms with Crippen LogP contribution in [-0.2, 0) is 19.1 Å². The molecule has 322 valence electrons. The Balaban J connectivity index is 1.03. The van der Waals surface area contributed by atoms with Gasteiger partial charge in [0.1, 0.15) is 36.1 Å². The van der Waals surface area contributed by atoms with Crippen molar-refractivity contribution >= 4 is 34.7 Å². The van der Waals surface area contributed by atoms with Gasteiger partial charge in [-0.15, -0.1) is 0 Å². The average Bonchev–Trinajstić information content (AvgIpc) is 4.11. The first-order valence-corrected chi connectivity index (χ1v) is 20.9. The number of likely N-dealkylation sites (tertiary alicyclic amines) is 2. The maximum absolute atomic E-state index is 16.7. The molecule has 3 aromatic heterocycles. The van der Waals surface area contributed by atoms with Crippen LogP contribution < -0.4 is 15.4 Å². The standard InChI is InChI=1S/C44H52FN9O7/c1-22(2)37(50-35(56)21-55)42(57)52-15-7-9-32(52)40-46-19-29(48-40)25-12-14-31-28(17-25)36(45)39-27-13-11-26(18-34(27)61-24(5)54(31)39)30-20-47-41(49-30)33-10-8-16-53(33)43(58)38(23(3)4)51-44(59)60-6/h11-14,17-20,22-24,32-33,37-38,55H,7-10,15-16,21H2,1-6H3,(H,46,48)(H,47,49)(H,50,56)(H,51,59)/t24?,32-,33-,37-,38-/m0/s1. The number of rotatable bonds is 11. The molecular formula is C44H52FN9O7. The first kappa shape index (κ1) is 41.5. The molecule has 1 unspecified atom stereocenters. The number of H-pyrrole nitrogens is 2. The number of hydrogen-bond donors (Lipinski definition) is 5. The van der Waals surface area contributed by atoms with E-state index in [2.05, 4.69) is 30.6 Å². The molecule has 61 heavy (non-hydrogen) atoms. The van der Waals surface area contributed by atoms with E-state index in [0.29, 0.717) is 71.2 Å². The van der Waals surface area contributed by atoms with E-state index in [9.17, 15) is 24.3 Å². The lowest BCUT2D eigenvalue weighted by atomic mass is 10.0. The van der Waals surface area contributed by atoms with Gasteiger partial charge in [-0.2, -0.15) is 0 Å². The summed E-state index contributed by atoms with van der Waals surface area (Å²) < 4.78 is 29.8. The van der Waals surface area contributed by atoms with Gasteiger partial charge in [0.15, 0.2) is 12.0 Å². The van der Waals surface area contributed by atoms with Crippen LogP contribution in [0.2, 0.25) is 0 Å². The minimum atomic E-state index is -0.781. The minimum Gasteiger partial charge on any atom is -0.470 e. The zero-order valence-electron chi connectivity index (χ0n) is 35.1. The molecule has 2 fully saturated rings. The molecule has 0 bridgehead atoms. The first-order valence-electron chi connectivity index (χ1n) is 20.9. The van der Waals surface area contributed by atoms with Gasteiger partial charge in [0, 0.05) is 35.2 Å². The predicted octanol–water partition coefficient (Wildman–Crippen LogP) is 5.98. The molecule has 4 amide bonds. The number of aliphatic hydroxyl groups is 1. The van der Waals surface area contributed by atoms with Crippen LogP contribution in [0.15, 0.2) is 48.8 Å². The number of halogens is 1. The van der Waals surface area contributed by atoms with Gasteiger partial charge in [-0.05, 0) is 68.7 Å². The third-order valence-corrected chi connectivity index (χ3v) is 12.1. The summed E-state index contributed by atoms with van der Waals surface area (Å²) in [5, 5.41) is 15.0. The predicted molar refractivity (Wildman–Crippen MR) is 223 cm³/mol. The van der Waals surface area contributed by atoms with Crippen molar-refractivity contribution in [2.24, 2.45) is 11.8 Å². The third-order valence-electron chi connectivity index (χ3n) is 12.1. The molecule has 0 radical (unpaired) electrons. The average molecular weight is 838 g/mol. The largest absolute Gasteiger partial charge is 0.470 e. The molecule has 8 rings (SSSR count). The maximum Gasteiger partial charge on any atom is 0.407 e. The quantitative estimate of drug-likeness (QED) is 0.106. The third kappa shape index (κ3) is 7.59. The van der Waals surface area contributed by atoms with E-state index in [1.165, 1.54) is 7.11 Å². The number of alkyl carbamates (subject to hydrolysis) is 1. The van der Waals surface area contributed by atoms with Gasteiger partial charge in [-0.1, -0.05) is 39.8 Å². The molecule has 5 N–H and O–H groups in total. The van der Waals surface area contributed by atoms with E-state index < -0.39 is 36.9 Å². The molecule has 3 aliphatic heterocycles. The fourth-order valence-corrected chi connectivity index (χ4v) is 9.01. The second-order valence-electron chi connectivity index (χ2n) is 16.7. The van der Waals surface area contributed by atoms with Crippen LogP contribution in [-0.4, -0.2) is 102 Å². The smallest absolute Gasteiger partial charge is 0.407 e. The number of benzene rings is 2. The Morgan fingerprint density at radius 1 is 0.869 bits per heavy atom. The number of imidazole rings is 2. The number of hydrogen-bond acceptors (Lipinski definition) is 9. The molecule has 0 saturated carbocycles. The van der Waals surface area contributed by atoms with Gasteiger partial charge >= 0.3 is 6.09 Å². The van der Waals surface area contributed by atoms with Crippen LogP contribution in [0.3, 0.4) is 0 Å². The number of methoxy groups -OCH3 is 1. The van der Waals surface area contributed by atoms with E-state index in [0.717, 1.165) is 29.7 Å². The van der Waals surface area contributed by atoms with Gasteiger partial charge in [-0.3, -0.25) is 14.4 Å². The molecule has 6 heterocycles. The molecule has 5 aromatic rings. The Labute approximate surface area is 352 Å². The second-order valence-corrected chi connectivity index (χ2v) is 16.7. The van der Waals surface area contributed by atoms with Gasteiger partial charge < -0.3 is 49.5 Å². The van der Waals surface area contributed by atoms with Crippen LogP contribution in [0.1, 0.15) is 90.3 Å². The van der Waals surface area contributed by atoms with E-state index in [1.807, 2.05) is 69.5 Å². The number of nitrogens with zero attached hydrogens (tertiary/aromatic N) is 5. The van der Waals surface area contributed by atoms with Crippen molar-refractivity contribution in [2.75, 3.05) is 26.8 Å². The summed E-state index contributed by atoms with van der Waals surface area (Å²) in [7, 11) is 1.27. The Morgan fingerprint density at radius 3 is 1.98 bits per heavy atom. The highest BCUT2D eigenvalue weighted by Crippen LogP contribution is 2.46. The van der Waals surface area contributed by atoms with E-state index >= 15 is 4.39 Å². The van der Waals surface area contributed by atoms with E-state index in [-0.39, 0.29) is 41.6 Å². The Kier molecular flexibility index (Phi) is 11.3. The van der Waals surface area contributed by atoms with Gasteiger partial charge in [0.2, 0.25) is 17.7 Å². The Morgan fingerprint density at radius 2 is 1.43 bits per heavy atom. The fraction of sp³-hybridized carbons (Fsp3) is 0.455. The number of ether oxygens (including phenoxy) is 2. The highest BCUT2D eigenvalue weighted by atomic mass is 19.1. The second kappa shape index (κ2) is 16.7. The molecular weight excluding hydrogens is 786 g/mol. The number of amides is 4. The summed E-state index contributed by atoms with van der Waals surface area (Å²) in [6.45, 7) is 9.67. The molecule has 0 spiro atoms. The van der Waals surface area contributed by atoms with Crippen molar-refractivity contribution in [3.63, 3.8) is 0 Å².